The Morgan fingerprint density at radius 1 is 1.00 bits per heavy atom. The summed E-state index contributed by atoms with van der Waals surface area (Å²) in [7, 11) is 0. The smallest absolute Gasteiger partial charge is 0.142 e. The summed E-state index contributed by atoms with van der Waals surface area (Å²) in [5, 5.41) is 3.85. The zero-order chi connectivity index (χ0) is 13.3. The molecule has 4 heteroatoms. The van der Waals surface area contributed by atoms with E-state index in [9.17, 15) is 0 Å². The Bertz CT molecular complexity index is 529. The quantitative estimate of drug-likeness (QED) is 0.594. The lowest BCUT2D eigenvalue weighted by atomic mass is 10.2. The van der Waals surface area contributed by atoms with Gasteiger partial charge in [0, 0.05) is 0 Å². The Labute approximate surface area is 121 Å². The average molecular weight is 320 g/mol. The minimum atomic E-state index is 0.372. The van der Waals surface area contributed by atoms with Crippen LogP contribution in [0, 0.1) is 0 Å². The summed E-state index contributed by atoms with van der Waals surface area (Å²) in [6, 6.07) is 17.6. The Kier molecular flexibility index (Phi) is 5.44. The van der Waals surface area contributed by atoms with E-state index in [2.05, 4.69) is 21.1 Å². The predicted octanol–water partition coefficient (Wildman–Crippen LogP) is 4.03. The summed E-state index contributed by atoms with van der Waals surface area (Å²) in [5.41, 5.74) is 1.09. The van der Waals surface area contributed by atoms with Crippen LogP contribution < -0.4 is 4.74 Å². The monoisotopic (exact) mass is 319 g/mol. The number of rotatable bonds is 6. The van der Waals surface area contributed by atoms with Gasteiger partial charge in [-0.3, -0.25) is 0 Å². The standard InChI is InChI=1S/C15H14BrNO2/c16-14-8-4-5-9-15(14)18-11-10-17-19-12-13-6-2-1-3-7-13/h1-10H,11-12H2/b17-10+. The lowest BCUT2D eigenvalue weighted by Gasteiger charge is -2.04. The molecule has 0 aliphatic heterocycles. The van der Waals surface area contributed by atoms with Crippen molar-refractivity contribution in [1.82, 2.24) is 0 Å². The van der Waals surface area contributed by atoms with E-state index in [0.717, 1.165) is 15.8 Å². The molecule has 0 spiro atoms. The van der Waals surface area contributed by atoms with E-state index < -0.39 is 0 Å². The lowest BCUT2D eigenvalue weighted by Crippen LogP contribution is -1.99. The molecule has 0 radical (unpaired) electrons. The van der Waals surface area contributed by atoms with Crippen molar-refractivity contribution in [3.05, 3.63) is 64.6 Å². The summed E-state index contributed by atoms with van der Waals surface area (Å²) in [6.07, 6.45) is 1.60. The molecule has 2 aromatic rings. The first-order chi connectivity index (χ1) is 9.36. The second-order valence-electron chi connectivity index (χ2n) is 3.79. The van der Waals surface area contributed by atoms with Crippen LogP contribution in [0.4, 0.5) is 0 Å². The minimum absolute atomic E-state index is 0.372. The van der Waals surface area contributed by atoms with Gasteiger partial charge < -0.3 is 9.57 Å². The molecule has 0 aromatic heterocycles. The van der Waals surface area contributed by atoms with Crippen LogP contribution in [0.2, 0.25) is 0 Å². The highest BCUT2D eigenvalue weighted by Gasteiger charge is 1.96. The Hall–Kier alpha value is -1.81. The third-order valence-corrected chi connectivity index (χ3v) is 3.03. The van der Waals surface area contributed by atoms with Gasteiger partial charge >= 0.3 is 0 Å². The molecule has 0 heterocycles. The van der Waals surface area contributed by atoms with E-state index in [1.54, 1.807) is 6.21 Å². The molecule has 0 bridgehead atoms. The average Bonchev–Trinajstić information content (AvgIpc) is 2.45. The van der Waals surface area contributed by atoms with E-state index in [-0.39, 0.29) is 0 Å². The first-order valence-corrected chi connectivity index (χ1v) is 6.70. The third kappa shape index (κ3) is 4.75. The van der Waals surface area contributed by atoms with Gasteiger partial charge in [0.15, 0.2) is 0 Å². The molecule has 0 unspecified atom stereocenters. The SMILES string of the molecule is Brc1ccccc1OC/C=N/OCc1ccccc1. The van der Waals surface area contributed by atoms with Crippen LogP contribution in [0.1, 0.15) is 5.56 Å². The molecule has 0 aliphatic rings. The van der Waals surface area contributed by atoms with Crippen LogP contribution in [0.15, 0.2) is 64.2 Å². The number of hydrogen-bond donors (Lipinski definition) is 0. The topological polar surface area (TPSA) is 30.8 Å². The van der Waals surface area contributed by atoms with Gasteiger partial charge in [0.25, 0.3) is 0 Å². The van der Waals surface area contributed by atoms with Crippen LogP contribution in [-0.2, 0) is 11.4 Å². The molecule has 0 atom stereocenters. The maximum Gasteiger partial charge on any atom is 0.142 e. The number of halogens is 1. The van der Waals surface area contributed by atoms with Gasteiger partial charge in [-0.15, -0.1) is 0 Å². The van der Waals surface area contributed by atoms with Crippen molar-refractivity contribution in [3.63, 3.8) is 0 Å². The summed E-state index contributed by atoms with van der Waals surface area (Å²) in [6.45, 7) is 0.837. The minimum Gasteiger partial charge on any atom is -0.487 e. The largest absolute Gasteiger partial charge is 0.487 e. The zero-order valence-corrected chi connectivity index (χ0v) is 11.9. The predicted molar refractivity (Wildman–Crippen MR) is 79.4 cm³/mol. The summed E-state index contributed by atoms with van der Waals surface area (Å²) in [5.74, 6) is 0.789. The van der Waals surface area contributed by atoms with Crippen LogP contribution in [0.5, 0.6) is 5.75 Å². The Morgan fingerprint density at radius 2 is 1.74 bits per heavy atom. The zero-order valence-electron chi connectivity index (χ0n) is 10.3. The number of nitrogens with zero attached hydrogens (tertiary/aromatic N) is 1. The first-order valence-electron chi connectivity index (χ1n) is 5.91. The van der Waals surface area contributed by atoms with Gasteiger partial charge in [-0.05, 0) is 33.6 Å². The highest BCUT2D eigenvalue weighted by atomic mass is 79.9. The fourth-order valence-corrected chi connectivity index (χ4v) is 1.86. The van der Waals surface area contributed by atoms with E-state index in [1.165, 1.54) is 0 Å². The summed E-state index contributed by atoms with van der Waals surface area (Å²) < 4.78 is 6.44. The molecule has 0 saturated heterocycles. The van der Waals surface area contributed by atoms with Gasteiger partial charge in [-0.2, -0.15) is 0 Å². The van der Waals surface area contributed by atoms with Crippen LogP contribution in [-0.4, -0.2) is 12.8 Å². The lowest BCUT2D eigenvalue weighted by molar-refractivity contribution is 0.130. The second-order valence-corrected chi connectivity index (χ2v) is 4.64. The number of benzene rings is 2. The van der Waals surface area contributed by atoms with E-state index in [1.807, 2.05) is 54.6 Å². The maximum atomic E-state index is 5.51. The molecule has 0 N–H and O–H groups in total. The fourth-order valence-electron chi connectivity index (χ4n) is 1.46. The third-order valence-electron chi connectivity index (χ3n) is 2.37. The number of ether oxygens (including phenoxy) is 1. The van der Waals surface area contributed by atoms with Gasteiger partial charge in [0.2, 0.25) is 0 Å². The van der Waals surface area contributed by atoms with Crippen LogP contribution >= 0.6 is 15.9 Å². The maximum absolute atomic E-state index is 5.51. The number of oxime groups is 1. The molecule has 98 valence electrons. The number of hydrogen-bond acceptors (Lipinski definition) is 3. The molecule has 3 nitrogen and oxygen atoms in total. The van der Waals surface area contributed by atoms with Crippen molar-refractivity contribution in [1.29, 1.82) is 0 Å². The molecule has 2 rings (SSSR count). The molecule has 0 saturated carbocycles. The fraction of sp³-hybridized carbons (Fsp3) is 0.133. The van der Waals surface area contributed by atoms with E-state index in [0.29, 0.717) is 13.2 Å². The van der Waals surface area contributed by atoms with Crippen molar-refractivity contribution < 1.29 is 9.57 Å². The number of para-hydroxylation sites is 1. The van der Waals surface area contributed by atoms with Gasteiger partial charge in [0.1, 0.15) is 19.0 Å². The Balaban J connectivity index is 1.69. The van der Waals surface area contributed by atoms with Crippen molar-refractivity contribution in [2.24, 2.45) is 5.16 Å². The van der Waals surface area contributed by atoms with Crippen LogP contribution in [0.25, 0.3) is 0 Å². The molecule has 0 amide bonds. The molecule has 19 heavy (non-hydrogen) atoms. The summed E-state index contributed by atoms with van der Waals surface area (Å²) >= 11 is 3.41. The van der Waals surface area contributed by atoms with Crippen molar-refractivity contribution >= 4 is 22.1 Å². The molecule has 0 fully saturated rings. The Morgan fingerprint density at radius 3 is 2.53 bits per heavy atom. The molecule has 2 aromatic carbocycles. The van der Waals surface area contributed by atoms with Crippen molar-refractivity contribution in [2.45, 2.75) is 6.61 Å². The highest BCUT2D eigenvalue weighted by molar-refractivity contribution is 9.10. The van der Waals surface area contributed by atoms with Gasteiger partial charge in [0.05, 0.1) is 10.7 Å². The van der Waals surface area contributed by atoms with Gasteiger partial charge in [-0.1, -0.05) is 47.6 Å². The molecular weight excluding hydrogens is 306 g/mol. The van der Waals surface area contributed by atoms with E-state index in [4.69, 9.17) is 9.57 Å². The second kappa shape index (κ2) is 7.59. The molecule has 0 aliphatic carbocycles. The first kappa shape index (κ1) is 13.6. The van der Waals surface area contributed by atoms with Crippen LogP contribution in [0.3, 0.4) is 0 Å². The highest BCUT2D eigenvalue weighted by Crippen LogP contribution is 2.23. The normalized spacial score (nSPS) is 10.6. The van der Waals surface area contributed by atoms with Crippen molar-refractivity contribution in [3.8, 4) is 5.75 Å². The van der Waals surface area contributed by atoms with E-state index >= 15 is 0 Å². The van der Waals surface area contributed by atoms with Crippen molar-refractivity contribution in [2.75, 3.05) is 6.61 Å². The molecular formula is C15H14BrNO2. The summed E-state index contributed by atoms with van der Waals surface area (Å²) in [4.78, 5) is 5.17. The van der Waals surface area contributed by atoms with Gasteiger partial charge in [-0.25, -0.2) is 0 Å².